The van der Waals surface area contributed by atoms with Crippen LogP contribution in [0.3, 0.4) is 0 Å². The van der Waals surface area contributed by atoms with Crippen molar-refractivity contribution in [2.24, 2.45) is 0 Å². The van der Waals surface area contributed by atoms with Crippen LogP contribution >= 0.6 is 11.6 Å². The van der Waals surface area contributed by atoms with Crippen LogP contribution in [0.4, 0.5) is 22.0 Å². The predicted molar refractivity (Wildman–Crippen MR) is 131 cm³/mol. The lowest BCUT2D eigenvalue weighted by Gasteiger charge is -2.31. The highest BCUT2D eigenvalue weighted by atomic mass is 35.5. The lowest BCUT2D eigenvalue weighted by atomic mass is 10.1. The van der Waals surface area contributed by atoms with Crippen molar-refractivity contribution in [1.29, 1.82) is 0 Å². The molecule has 4 aromatic rings. The van der Waals surface area contributed by atoms with E-state index in [0.29, 0.717) is 22.3 Å². The second-order valence-corrected chi connectivity index (χ2v) is 8.83. The first kappa shape index (κ1) is 20.7. The molecule has 0 aliphatic carbocycles. The van der Waals surface area contributed by atoms with E-state index in [1.807, 2.05) is 47.4 Å². The van der Waals surface area contributed by atoms with Crippen LogP contribution in [-0.2, 0) is 0 Å². The fourth-order valence-corrected chi connectivity index (χ4v) is 4.84. The Balaban J connectivity index is 1.37. The number of aromatic nitrogens is 3. The summed E-state index contributed by atoms with van der Waals surface area (Å²) in [4.78, 5) is 30.9. The molecular formula is C25H21ClN6O2. The SMILES string of the molecule is O=C(Nc1cccc(-c2cnco2)c1)N1c2nc(-c3cncc(Cl)c3)ccc2N2CCC1CC2. The first-order valence-electron chi connectivity index (χ1n) is 11.1. The minimum Gasteiger partial charge on any atom is -0.444 e. The molecule has 34 heavy (non-hydrogen) atoms. The standard InChI is InChI=1S/C25H21ClN6O2/c26-18-10-17(12-27-13-18)21-4-5-22-24(30-21)32(20-6-8-31(22)9-7-20)25(33)29-19-3-1-2-16(11-19)23-14-28-15-34-23/h1-5,10-15,20H,6-9H2,(H,29,33). The predicted octanol–water partition coefficient (Wildman–Crippen LogP) is 5.47. The zero-order valence-corrected chi connectivity index (χ0v) is 18.9. The van der Waals surface area contributed by atoms with Crippen LogP contribution < -0.4 is 15.1 Å². The van der Waals surface area contributed by atoms with Crippen LogP contribution in [0.15, 0.2) is 71.9 Å². The minimum absolute atomic E-state index is 0.0650. The molecule has 170 valence electrons. The highest BCUT2D eigenvalue weighted by Gasteiger charge is 2.37. The summed E-state index contributed by atoms with van der Waals surface area (Å²) >= 11 is 6.16. The fourth-order valence-electron chi connectivity index (χ4n) is 4.67. The Morgan fingerprint density at radius 3 is 2.71 bits per heavy atom. The van der Waals surface area contributed by atoms with Crippen molar-refractivity contribution in [3.63, 3.8) is 0 Å². The van der Waals surface area contributed by atoms with Crippen LogP contribution in [0.5, 0.6) is 0 Å². The average molecular weight is 473 g/mol. The Morgan fingerprint density at radius 1 is 1.03 bits per heavy atom. The number of fused-ring (bicyclic) bond motifs is 2. The van der Waals surface area contributed by atoms with E-state index in [9.17, 15) is 4.79 Å². The number of halogens is 1. The van der Waals surface area contributed by atoms with Gasteiger partial charge < -0.3 is 14.6 Å². The molecular weight excluding hydrogens is 452 g/mol. The van der Waals surface area contributed by atoms with Gasteiger partial charge >= 0.3 is 6.03 Å². The number of rotatable bonds is 3. The number of piperidine rings is 1. The molecule has 1 aromatic carbocycles. The molecule has 0 radical (unpaired) electrons. The van der Waals surface area contributed by atoms with Crippen LogP contribution in [-0.4, -0.2) is 40.1 Å². The Labute approximate surface area is 201 Å². The van der Waals surface area contributed by atoms with E-state index in [1.54, 1.807) is 18.6 Å². The molecule has 7 rings (SSSR count). The molecule has 0 unspecified atom stereocenters. The van der Waals surface area contributed by atoms with Gasteiger partial charge in [0.15, 0.2) is 18.0 Å². The molecule has 1 fully saturated rings. The normalized spacial score (nSPS) is 15.2. The van der Waals surface area contributed by atoms with Gasteiger partial charge in [-0.05, 0) is 43.2 Å². The number of hydrogen-bond donors (Lipinski definition) is 1. The van der Waals surface area contributed by atoms with Crippen molar-refractivity contribution >= 4 is 34.8 Å². The number of hydrogen-bond acceptors (Lipinski definition) is 6. The smallest absolute Gasteiger partial charge is 0.327 e. The summed E-state index contributed by atoms with van der Waals surface area (Å²) in [5, 5.41) is 3.61. The number of carbonyl (C=O) groups excluding carboxylic acids is 1. The maximum absolute atomic E-state index is 13.7. The van der Waals surface area contributed by atoms with Crippen molar-refractivity contribution in [1.82, 2.24) is 15.0 Å². The molecule has 6 heterocycles. The van der Waals surface area contributed by atoms with Gasteiger partial charge in [0.05, 0.1) is 22.6 Å². The molecule has 3 aliphatic rings. The van der Waals surface area contributed by atoms with Crippen LogP contribution in [0.2, 0.25) is 5.02 Å². The van der Waals surface area contributed by atoms with Gasteiger partial charge in [0, 0.05) is 48.3 Å². The number of benzene rings is 1. The van der Waals surface area contributed by atoms with Crippen LogP contribution in [0, 0.1) is 0 Å². The third-order valence-electron chi connectivity index (χ3n) is 6.30. The van der Waals surface area contributed by atoms with Gasteiger partial charge in [0.1, 0.15) is 0 Å². The highest BCUT2D eigenvalue weighted by Crippen LogP contribution is 2.39. The number of pyridine rings is 2. The third-order valence-corrected chi connectivity index (χ3v) is 6.51. The molecule has 2 bridgehead atoms. The first-order valence-corrected chi connectivity index (χ1v) is 11.5. The Bertz CT molecular complexity index is 1350. The van der Waals surface area contributed by atoms with Gasteiger partial charge in [-0.25, -0.2) is 14.8 Å². The molecule has 9 heteroatoms. The summed E-state index contributed by atoms with van der Waals surface area (Å²) in [7, 11) is 0. The van der Waals surface area contributed by atoms with E-state index >= 15 is 0 Å². The molecule has 3 aliphatic heterocycles. The second-order valence-electron chi connectivity index (χ2n) is 8.40. The maximum atomic E-state index is 13.7. The lowest BCUT2D eigenvalue weighted by molar-refractivity contribution is 0.253. The van der Waals surface area contributed by atoms with Crippen molar-refractivity contribution in [3.05, 3.63) is 72.5 Å². The summed E-state index contributed by atoms with van der Waals surface area (Å²) in [5.41, 5.74) is 4.01. The van der Waals surface area contributed by atoms with E-state index in [4.69, 9.17) is 21.0 Å². The van der Waals surface area contributed by atoms with Gasteiger partial charge in [-0.2, -0.15) is 0 Å². The highest BCUT2D eigenvalue weighted by molar-refractivity contribution is 6.30. The number of nitrogens with one attached hydrogen (secondary N) is 1. The Kier molecular flexibility index (Phi) is 5.15. The number of urea groups is 1. The largest absolute Gasteiger partial charge is 0.444 e. The molecule has 2 amide bonds. The van der Waals surface area contributed by atoms with Crippen molar-refractivity contribution in [3.8, 4) is 22.6 Å². The minimum atomic E-state index is -0.210. The lowest BCUT2D eigenvalue weighted by Crippen LogP contribution is -2.46. The number of amides is 2. The van der Waals surface area contributed by atoms with Gasteiger partial charge in [-0.15, -0.1) is 0 Å². The summed E-state index contributed by atoms with van der Waals surface area (Å²) in [6.45, 7) is 1.78. The quantitative estimate of drug-likeness (QED) is 0.425. The third kappa shape index (κ3) is 3.76. The summed E-state index contributed by atoms with van der Waals surface area (Å²) in [6, 6.07) is 13.2. The second kappa shape index (κ2) is 8.46. The zero-order chi connectivity index (χ0) is 23.1. The summed E-state index contributed by atoms with van der Waals surface area (Å²) in [6.07, 6.45) is 8.12. The van der Waals surface area contributed by atoms with Crippen molar-refractivity contribution in [2.75, 3.05) is 28.2 Å². The molecule has 1 N–H and O–H groups in total. The van der Waals surface area contributed by atoms with E-state index < -0.39 is 0 Å². The number of nitrogens with zero attached hydrogens (tertiary/aromatic N) is 5. The summed E-state index contributed by atoms with van der Waals surface area (Å²) < 4.78 is 5.40. The van der Waals surface area contributed by atoms with Gasteiger partial charge in [-0.1, -0.05) is 23.7 Å². The molecule has 8 nitrogen and oxygen atoms in total. The van der Waals surface area contributed by atoms with Crippen molar-refractivity contribution in [2.45, 2.75) is 18.9 Å². The van der Waals surface area contributed by atoms with E-state index in [1.165, 1.54) is 6.39 Å². The summed E-state index contributed by atoms with van der Waals surface area (Å²) in [5.74, 6) is 1.30. The number of oxazole rings is 1. The van der Waals surface area contributed by atoms with Gasteiger partial charge in [0.2, 0.25) is 0 Å². The number of carbonyl (C=O) groups is 1. The van der Waals surface area contributed by atoms with E-state index in [2.05, 4.69) is 20.2 Å². The first-order chi connectivity index (χ1) is 16.7. The van der Waals surface area contributed by atoms with Crippen LogP contribution in [0.1, 0.15) is 12.8 Å². The van der Waals surface area contributed by atoms with Gasteiger partial charge in [-0.3, -0.25) is 9.88 Å². The maximum Gasteiger partial charge on any atom is 0.327 e. The Hall–Kier alpha value is -3.91. The molecule has 1 saturated heterocycles. The zero-order valence-electron chi connectivity index (χ0n) is 18.2. The monoisotopic (exact) mass is 472 g/mol. The number of anilines is 3. The molecule has 0 atom stereocenters. The van der Waals surface area contributed by atoms with E-state index in [0.717, 1.165) is 48.4 Å². The van der Waals surface area contributed by atoms with Crippen LogP contribution in [0.25, 0.3) is 22.6 Å². The van der Waals surface area contributed by atoms with E-state index in [-0.39, 0.29) is 12.1 Å². The topological polar surface area (TPSA) is 87.4 Å². The van der Waals surface area contributed by atoms with Crippen molar-refractivity contribution < 1.29 is 9.21 Å². The van der Waals surface area contributed by atoms with Gasteiger partial charge in [0.25, 0.3) is 0 Å². The molecule has 0 spiro atoms. The Morgan fingerprint density at radius 2 is 1.91 bits per heavy atom. The molecule has 3 aromatic heterocycles. The molecule has 0 saturated carbocycles. The fraction of sp³-hybridized carbons (Fsp3) is 0.200. The average Bonchev–Trinajstić information content (AvgIpc) is 3.30.